The van der Waals surface area contributed by atoms with E-state index in [1.54, 1.807) is 0 Å². The molecule has 0 N–H and O–H groups in total. The van der Waals surface area contributed by atoms with Gasteiger partial charge in [-0.2, -0.15) is 0 Å². The minimum Gasteiger partial charge on any atom is -0.309 e. The Hall–Kier alpha value is -8.41. The Bertz CT molecular complexity index is 3860. The Morgan fingerprint density at radius 2 is 0.823 bits per heavy atom. The van der Waals surface area contributed by atoms with Crippen LogP contribution in [-0.4, -0.2) is 24.1 Å². The van der Waals surface area contributed by atoms with Gasteiger partial charge < -0.3 is 9.13 Å². The van der Waals surface area contributed by atoms with Gasteiger partial charge in [-0.25, -0.2) is 15.0 Å². The van der Waals surface area contributed by atoms with Crippen molar-refractivity contribution in [1.82, 2.24) is 24.1 Å². The number of aromatic nitrogens is 5. The number of para-hydroxylation sites is 1. The number of rotatable bonds is 5. The molecule has 0 aliphatic carbocycles. The van der Waals surface area contributed by atoms with Gasteiger partial charge in [0.15, 0.2) is 17.5 Å². The number of hydrogen-bond acceptors (Lipinski definition) is 3. The number of hydrogen-bond donors (Lipinski definition) is 0. The maximum atomic E-state index is 5.23. The Morgan fingerprint density at radius 1 is 0.274 bits per heavy atom. The topological polar surface area (TPSA) is 48.5 Å². The van der Waals surface area contributed by atoms with Gasteiger partial charge in [-0.15, -0.1) is 0 Å². The van der Waals surface area contributed by atoms with Crippen LogP contribution in [0.3, 0.4) is 0 Å². The van der Waals surface area contributed by atoms with E-state index in [4.69, 9.17) is 15.0 Å². The van der Waals surface area contributed by atoms with Gasteiger partial charge in [0, 0.05) is 55.0 Å². The van der Waals surface area contributed by atoms with Gasteiger partial charge in [-0.05, 0) is 69.4 Å². The molecule has 0 radical (unpaired) electrons. The highest BCUT2D eigenvalue weighted by molar-refractivity contribution is 6.19. The highest BCUT2D eigenvalue weighted by Gasteiger charge is 2.21. The first kappa shape index (κ1) is 34.5. The van der Waals surface area contributed by atoms with Crippen molar-refractivity contribution in [3.8, 4) is 45.5 Å². The lowest BCUT2D eigenvalue weighted by Crippen LogP contribution is -2.02. The number of nitrogens with zero attached hydrogens (tertiary/aromatic N) is 5. The molecule has 0 aliphatic heterocycles. The molecule has 5 heteroatoms. The summed E-state index contributed by atoms with van der Waals surface area (Å²) in [5.74, 6) is 1.89. The molecule has 13 rings (SSSR count). The van der Waals surface area contributed by atoms with E-state index in [0.29, 0.717) is 17.5 Å². The van der Waals surface area contributed by atoms with Gasteiger partial charge in [0.2, 0.25) is 0 Å². The van der Waals surface area contributed by atoms with Crippen molar-refractivity contribution in [3.05, 3.63) is 212 Å². The minimum absolute atomic E-state index is 0.625. The normalized spacial score (nSPS) is 11.9. The fourth-order valence-corrected chi connectivity index (χ4v) is 9.65. The van der Waals surface area contributed by atoms with Gasteiger partial charge in [0.25, 0.3) is 0 Å². The van der Waals surface area contributed by atoms with Crippen LogP contribution < -0.4 is 0 Å². The molecular formula is C57H35N5. The zero-order chi connectivity index (χ0) is 40.7. The van der Waals surface area contributed by atoms with Crippen LogP contribution in [0.25, 0.3) is 121 Å². The molecule has 0 saturated carbocycles. The van der Waals surface area contributed by atoms with E-state index in [9.17, 15) is 0 Å². The Labute approximate surface area is 356 Å². The van der Waals surface area contributed by atoms with Gasteiger partial charge in [-0.1, -0.05) is 170 Å². The summed E-state index contributed by atoms with van der Waals surface area (Å²) in [4.78, 5) is 15.5. The molecule has 10 aromatic carbocycles. The average Bonchev–Trinajstić information content (AvgIpc) is 3.85. The fraction of sp³-hybridized carbons (Fsp3) is 0. The Morgan fingerprint density at radius 3 is 1.56 bits per heavy atom. The number of benzene rings is 10. The predicted molar refractivity (Wildman–Crippen MR) is 257 cm³/mol. The van der Waals surface area contributed by atoms with E-state index in [1.165, 1.54) is 54.1 Å². The Kier molecular flexibility index (Phi) is 7.54. The SMILES string of the molecule is c1ccc(-c2nc(-c3ccccc3)nc(-c3cc(-n4c5cc(-n6c7ccccc7c7ccc8ccccc8c76)ccc5c5cc6ccccc6cc54)cc4ccccc34)n2)cc1. The van der Waals surface area contributed by atoms with Crippen molar-refractivity contribution < 1.29 is 0 Å². The molecule has 3 heterocycles. The molecule has 0 amide bonds. The Balaban J connectivity index is 1.12. The molecule has 0 bridgehead atoms. The molecule has 0 aliphatic rings. The smallest absolute Gasteiger partial charge is 0.164 e. The number of fused-ring (bicyclic) bond motifs is 10. The third-order valence-corrected chi connectivity index (χ3v) is 12.5. The van der Waals surface area contributed by atoms with Crippen LogP contribution in [0, 0.1) is 0 Å². The van der Waals surface area contributed by atoms with Crippen molar-refractivity contribution in [2.24, 2.45) is 0 Å². The summed E-state index contributed by atoms with van der Waals surface area (Å²) in [5, 5.41) is 11.9. The fourth-order valence-electron chi connectivity index (χ4n) is 9.65. The second-order valence-electron chi connectivity index (χ2n) is 16.0. The van der Waals surface area contributed by atoms with E-state index in [-0.39, 0.29) is 0 Å². The standard InChI is InChI=1S/C57H35N5/c1-3-16-37(17-4-1)55-58-56(38-18-5-2-6-19-38)60-57(59-55)50-34-43(31-41-22-10-11-23-44(41)50)61-52-33-40-21-8-7-20-39(40)32-49(52)47-30-28-42(35-53(47)61)62-51-26-14-13-25-46(51)48-29-27-36-15-9-12-24-45(36)54(48)62/h1-35H. The maximum absolute atomic E-state index is 5.23. The summed E-state index contributed by atoms with van der Waals surface area (Å²) >= 11 is 0. The highest BCUT2D eigenvalue weighted by atomic mass is 15.0. The summed E-state index contributed by atoms with van der Waals surface area (Å²) < 4.78 is 4.90. The summed E-state index contributed by atoms with van der Waals surface area (Å²) in [6, 6.07) is 75.9. The molecule has 5 nitrogen and oxygen atoms in total. The molecule has 0 spiro atoms. The van der Waals surface area contributed by atoms with Crippen LogP contribution in [0.2, 0.25) is 0 Å². The molecular weight excluding hydrogens is 755 g/mol. The predicted octanol–water partition coefficient (Wildman–Crippen LogP) is 14.5. The first-order valence-corrected chi connectivity index (χ1v) is 21.0. The molecule has 0 fully saturated rings. The molecule has 288 valence electrons. The first-order valence-electron chi connectivity index (χ1n) is 21.0. The van der Waals surface area contributed by atoms with Crippen molar-refractivity contribution in [2.75, 3.05) is 0 Å². The van der Waals surface area contributed by atoms with Crippen molar-refractivity contribution >= 4 is 75.9 Å². The van der Waals surface area contributed by atoms with Crippen LogP contribution in [0.1, 0.15) is 0 Å². The third-order valence-electron chi connectivity index (χ3n) is 12.5. The highest BCUT2D eigenvalue weighted by Crippen LogP contribution is 2.41. The summed E-state index contributed by atoms with van der Waals surface area (Å²) in [6.07, 6.45) is 0. The van der Waals surface area contributed by atoms with Crippen molar-refractivity contribution in [1.29, 1.82) is 0 Å². The van der Waals surface area contributed by atoms with Crippen LogP contribution in [0.15, 0.2) is 212 Å². The lowest BCUT2D eigenvalue weighted by atomic mass is 10.0. The van der Waals surface area contributed by atoms with Gasteiger partial charge in [0.1, 0.15) is 0 Å². The van der Waals surface area contributed by atoms with Crippen LogP contribution in [0.4, 0.5) is 0 Å². The first-order chi connectivity index (χ1) is 30.7. The van der Waals surface area contributed by atoms with E-state index in [1.807, 2.05) is 36.4 Å². The summed E-state index contributed by atoms with van der Waals surface area (Å²) in [6.45, 7) is 0. The second kappa shape index (κ2) is 13.6. The molecule has 0 saturated heterocycles. The lowest BCUT2D eigenvalue weighted by Gasteiger charge is -2.15. The van der Waals surface area contributed by atoms with Gasteiger partial charge in [-0.3, -0.25) is 0 Å². The van der Waals surface area contributed by atoms with E-state index in [0.717, 1.165) is 49.9 Å². The minimum atomic E-state index is 0.625. The largest absolute Gasteiger partial charge is 0.309 e. The van der Waals surface area contributed by atoms with E-state index < -0.39 is 0 Å². The summed E-state index contributed by atoms with van der Waals surface area (Å²) in [7, 11) is 0. The maximum Gasteiger partial charge on any atom is 0.164 e. The monoisotopic (exact) mass is 789 g/mol. The molecule has 0 unspecified atom stereocenters. The van der Waals surface area contributed by atoms with Crippen LogP contribution >= 0.6 is 0 Å². The van der Waals surface area contributed by atoms with Gasteiger partial charge in [0.05, 0.1) is 22.1 Å². The third kappa shape index (κ3) is 5.32. The quantitative estimate of drug-likeness (QED) is 0.174. The average molecular weight is 790 g/mol. The van der Waals surface area contributed by atoms with E-state index >= 15 is 0 Å². The zero-order valence-corrected chi connectivity index (χ0v) is 33.4. The van der Waals surface area contributed by atoms with E-state index in [2.05, 4.69) is 185 Å². The second-order valence-corrected chi connectivity index (χ2v) is 16.0. The van der Waals surface area contributed by atoms with Crippen LogP contribution in [-0.2, 0) is 0 Å². The molecule has 3 aromatic heterocycles. The molecule has 0 atom stereocenters. The lowest BCUT2D eigenvalue weighted by molar-refractivity contribution is 1.07. The molecule has 62 heavy (non-hydrogen) atoms. The van der Waals surface area contributed by atoms with Gasteiger partial charge >= 0.3 is 0 Å². The summed E-state index contributed by atoms with van der Waals surface area (Å²) in [5.41, 5.74) is 9.59. The zero-order valence-electron chi connectivity index (χ0n) is 33.4. The van der Waals surface area contributed by atoms with Crippen molar-refractivity contribution in [3.63, 3.8) is 0 Å². The molecule has 13 aromatic rings. The van der Waals surface area contributed by atoms with Crippen LogP contribution in [0.5, 0.6) is 0 Å². The van der Waals surface area contributed by atoms with Crippen molar-refractivity contribution in [2.45, 2.75) is 0 Å².